The van der Waals surface area contributed by atoms with Crippen molar-refractivity contribution in [1.82, 2.24) is 10.2 Å². The van der Waals surface area contributed by atoms with Crippen LogP contribution in [0.2, 0.25) is 0 Å². The number of esters is 1. The van der Waals surface area contributed by atoms with E-state index in [-0.39, 0.29) is 17.7 Å². The minimum atomic E-state index is -1.02. The molecule has 4 rings (SSSR count). The number of hydrogen-bond donors (Lipinski definition) is 2. The van der Waals surface area contributed by atoms with Gasteiger partial charge >= 0.3 is 11.9 Å². The molecule has 0 radical (unpaired) electrons. The van der Waals surface area contributed by atoms with E-state index in [1.165, 1.54) is 49.9 Å². The van der Waals surface area contributed by atoms with E-state index in [1.54, 1.807) is 32.0 Å². The van der Waals surface area contributed by atoms with Crippen molar-refractivity contribution in [3.8, 4) is 0 Å². The number of benzene rings is 2. The molecule has 2 unspecified atom stereocenters. The second kappa shape index (κ2) is 18.8. The number of likely N-dealkylation sites (tertiary alicyclic amines) is 1. The summed E-state index contributed by atoms with van der Waals surface area (Å²) in [6.07, 6.45) is 8.52. The lowest BCUT2D eigenvalue weighted by Gasteiger charge is -2.23. The SMILES string of the molecule is C=C/C=C(\C=C)C(CCN1CCC(C)C1)c1ccccc1.COC(=O)C1=C(C)NC(C)=C(C(=O)O)C1.O=[N+]([O-])c1ccccc1. The number of aliphatic carboxylic acids is 1. The highest BCUT2D eigenvalue weighted by Crippen LogP contribution is 2.30. The molecule has 0 saturated carbocycles. The Morgan fingerprint density at radius 2 is 1.69 bits per heavy atom. The zero-order valence-electron chi connectivity index (χ0n) is 26.7. The second-order valence-corrected chi connectivity index (χ2v) is 11.0. The molecule has 2 aromatic carbocycles. The summed E-state index contributed by atoms with van der Waals surface area (Å²) in [5, 5.41) is 21.8. The first-order valence-corrected chi connectivity index (χ1v) is 14.9. The van der Waals surface area contributed by atoms with Gasteiger partial charge in [0.05, 0.1) is 23.2 Å². The third-order valence-electron chi connectivity index (χ3n) is 7.68. The van der Waals surface area contributed by atoms with Crippen molar-refractivity contribution in [1.29, 1.82) is 0 Å². The van der Waals surface area contributed by atoms with Crippen LogP contribution in [0.15, 0.2) is 120 Å². The zero-order chi connectivity index (χ0) is 33.4. The third kappa shape index (κ3) is 11.7. The molecule has 2 aliphatic heterocycles. The highest BCUT2D eigenvalue weighted by molar-refractivity contribution is 5.95. The Balaban J connectivity index is 0.000000256. The summed E-state index contributed by atoms with van der Waals surface area (Å²) in [6, 6.07) is 18.7. The fourth-order valence-electron chi connectivity index (χ4n) is 5.22. The number of carboxylic acid groups (broad SMARTS) is 1. The molecule has 45 heavy (non-hydrogen) atoms. The molecule has 0 aromatic heterocycles. The van der Waals surface area contributed by atoms with Gasteiger partial charge in [-0.2, -0.15) is 0 Å². The molecule has 2 aromatic rings. The molecule has 240 valence electrons. The van der Waals surface area contributed by atoms with Crippen molar-refractivity contribution in [2.45, 2.75) is 46.0 Å². The largest absolute Gasteiger partial charge is 0.478 e. The Morgan fingerprint density at radius 1 is 1.09 bits per heavy atom. The van der Waals surface area contributed by atoms with Gasteiger partial charge < -0.3 is 20.1 Å². The quantitative estimate of drug-likeness (QED) is 0.125. The lowest BCUT2D eigenvalue weighted by molar-refractivity contribution is -0.384. The number of rotatable bonds is 10. The van der Waals surface area contributed by atoms with Crippen molar-refractivity contribution in [2.75, 3.05) is 26.7 Å². The molecular weight excluding hydrogens is 570 g/mol. The van der Waals surface area contributed by atoms with Crippen molar-refractivity contribution in [3.63, 3.8) is 0 Å². The topological polar surface area (TPSA) is 122 Å². The fourth-order valence-corrected chi connectivity index (χ4v) is 5.22. The first-order chi connectivity index (χ1) is 21.5. The van der Waals surface area contributed by atoms with Gasteiger partial charge in [0.1, 0.15) is 0 Å². The molecule has 0 amide bonds. The fraction of sp³-hybridized carbons (Fsp3) is 0.333. The summed E-state index contributed by atoms with van der Waals surface area (Å²) >= 11 is 0. The van der Waals surface area contributed by atoms with Crippen LogP contribution in [0.1, 0.15) is 51.5 Å². The maximum atomic E-state index is 11.3. The van der Waals surface area contributed by atoms with E-state index in [0.717, 1.165) is 18.9 Å². The molecule has 2 N–H and O–H groups in total. The molecule has 9 nitrogen and oxygen atoms in total. The summed E-state index contributed by atoms with van der Waals surface area (Å²) in [4.78, 5) is 34.4. The molecule has 0 bridgehead atoms. The van der Waals surface area contributed by atoms with Gasteiger partial charge in [0.25, 0.3) is 5.69 Å². The van der Waals surface area contributed by atoms with Gasteiger partial charge in [-0.15, -0.1) is 0 Å². The standard InChI is InChI=1S/C20H27N.C10H13NO4.C6H5NO2/c1-4-9-18(5-2)20(19-10-7-6-8-11-19)13-15-21-14-12-17(3)16-21;1-5-7(9(12)13)4-8(6(2)11-5)10(14)15-3;8-7(9)6-4-2-1-3-5-6/h4-11,17,20H,1-2,12-16H2,3H3;11H,4H2,1-3H3,(H,12,13);1-5H/b18-9+;;. The first kappa shape index (κ1) is 36.4. The highest BCUT2D eigenvalue weighted by atomic mass is 16.6. The monoisotopic (exact) mass is 615 g/mol. The van der Waals surface area contributed by atoms with Crippen molar-refractivity contribution in [3.05, 3.63) is 136 Å². The Morgan fingerprint density at radius 3 is 2.16 bits per heavy atom. The van der Waals surface area contributed by atoms with E-state index in [0.29, 0.717) is 22.9 Å². The number of hydrogen-bond acceptors (Lipinski definition) is 7. The average Bonchev–Trinajstić information content (AvgIpc) is 3.46. The van der Waals surface area contributed by atoms with Crippen LogP contribution in [0.5, 0.6) is 0 Å². The Labute approximate surface area is 266 Å². The minimum absolute atomic E-state index is 0.104. The smallest absolute Gasteiger partial charge is 0.335 e. The van der Waals surface area contributed by atoms with Gasteiger partial charge in [-0.25, -0.2) is 9.59 Å². The second-order valence-electron chi connectivity index (χ2n) is 11.0. The average molecular weight is 616 g/mol. The predicted molar refractivity (Wildman–Crippen MR) is 178 cm³/mol. The van der Waals surface area contributed by atoms with E-state index in [4.69, 9.17) is 5.11 Å². The number of non-ortho nitro benzene ring substituents is 1. The zero-order valence-corrected chi connectivity index (χ0v) is 26.7. The van der Waals surface area contributed by atoms with Crippen molar-refractivity contribution in [2.24, 2.45) is 5.92 Å². The molecule has 2 atom stereocenters. The number of nitro benzene ring substituents is 1. The van der Waals surface area contributed by atoms with Crippen LogP contribution in [0.25, 0.3) is 0 Å². The molecule has 1 saturated heterocycles. The number of methoxy groups -OCH3 is 1. The van der Waals surface area contributed by atoms with E-state index in [1.807, 2.05) is 12.2 Å². The lowest BCUT2D eigenvalue weighted by Crippen LogP contribution is -2.25. The number of nitro groups is 1. The molecule has 0 aliphatic carbocycles. The number of carboxylic acids is 1. The summed E-state index contributed by atoms with van der Waals surface area (Å²) < 4.78 is 4.57. The number of dihydropyridines is 1. The van der Waals surface area contributed by atoms with Crippen LogP contribution in [0.4, 0.5) is 5.69 Å². The van der Waals surface area contributed by atoms with Crippen LogP contribution >= 0.6 is 0 Å². The Kier molecular flexibility index (Phi) is 15.2. The minimum Gasteiger partial charge on any atom is -0.478 e. The first-order valence-electron chi connectivity index (χ1n) is 14.9. The van der Waals surface area contributed by atoms with Gasteiger partial charge in [0.15, 0.2) is 0 Å². The van der Waals surface area contributed by atoms with E-state index in [2.05, 4.69) is 71.4 Å². The summed E-state index contributed by atoms with van der Waals surface area (Å²) in [6.45, 7) is 17.2. The van der Waals surface area contributed by atoms with Crippen molar-refractivity contribution >= 4 is 17.6 Å². The van der Waals surface area contributed by atoms with Crippen LogP contribution in [0.3, 0.4) is 0 Å². The summed E-state index contributed by atoms with van der Waals surface area (Å²) in [7, 11) is 1.27. The van der Waals surface area contributed by atoms with Crippen molar-refractivity contribution < 1.29 is 24.4 Å². The number of carbonyl (C=O) groups is 2. The van der Waals surface area contributed by atoms with Gasteiger partial charge in [0.2, 0.25) is 0 Å². The number of allylic oxidation sites excluding steroid dienone is 6. The van der Waals surface area contributed by atoms with Gasteiger partial charge in [-0.1, -0.05) is 86.8 Å². The van der Waals surface area contributed by atoms with E-state index < -0.39 is 16.9 Å². The van der Waals surface area contributed by atoms with E-state index in [9.17, 15) is 19.7 Å². The molecule has 9 heteroatoms. The van der Waals surface area contributed by atoms with Crippen LogP contribution in [-0.2, 0) is 14.3 Å². The summed E-state index contributed by atoms with van der Waals surface area (Å²) in [5.41, 5.74) is 4.54. The maximum absolute atomic E-state index is 11.3. The highest BCUT2D eigenvalue weighted by Gasteiger charge is 2.25. The number of nitrogens with zero attached hydrogens (tertiary/aromatic N) is 2. The molecule has 2 aliphatic rings. The van der Waals surface area contributed by atoms with Crippen LogP contribution in [-0.4, -0.2) is 53.6 Å². The lowest BCUT2D eigenvalue weighted by atomic mass is 9.87. The van der Waals surface area contributed by atoms with Gasteiger partial charge in [-0.05, 0) is 56.8 Å². The molecule has 1 fully saturated rings. The van der Waals surface area contributed by atoms with Crippen LogP contribution < -0.4 is 5.32 Å². The van der Waals surface area contributed by atoms with Crippen LogP contribution in [0, 0.1) is 16.0 Å². The molecule has 0 spiro atoms. The number of ether oxygens (including phenoxy) is 1. The summed E-state index contributed by atoms with van der Waals surface area (Å²) in [5.74, 6) is -0.250. The normalized spacial score (nSPS) is 17.1. The Bertz CT molecular complexity index is 1410. The van der Waals surface area contributed by atoms with E-state index >= 15 is 0 Å². The predicted octanol–water partition coefficient (Wildman–Crippen LogP) is 7.18. The van der Waals surface area contributed by atoms with Gasteiger partial charge in [-0.3, -0.25) is 10.1 Å². The third-order valence-corrected chi connectivity index (χ3v) is 7.68. The number of nitrogens with one attached hydrogen (secondary N) is 1. The van der Waals surface area contributed by atoms with Gasteiger partial charge in [0, 0.05) is 42.4 Å². The molecular formula is C36H45N3O6. The molecule has 2 heterocycles. The maximum Gasteiger partial charge on any atom is 0.335 e. The number of carbonyl (C=O) groups excluding carboxylic acids is 1. The number of para-hydroxylation sites is 1. The Hall–Kier alpha value is -4.76.